The van der Waals surface area contributed by atoms with Crippen LogP contribution >= 0.6 is 0 Å². The molecule has 1 aliphatic rings. The first kappa shape index (κ1) is 24.4. The zero-order valence-corrected chi connectivity index (χ0v) is 17.7. The maximum Gasteiger partial charge on any atom is 0.418 e. The Labute approximate surface area is 177 Å². The van der Waals surface area contributed by atoms with Crippen LogP contribution in [0.2, 0.25) is 0 Å². The Morgan fingerprint density at radius 2 is 1.84 bits per heavy atom. The van der Waals surface area contributed by atoms with E-state index in [1.165, 1.54) is 6.07 Å². The number of Topliss-reactive ketones (excluding diaryl/α,β-unsaturated/α-hetero) is 1. The van der Waals surface area contributed by atoms with Crippen molar-refractivity contribution < 1.29 is 37.1 Å². The highest BCUT2D eigenvalue weighted by atomic mass is 19.4. The van der Waals surface area contributed by atoms with E-state index < -0.39 is 53.2 Å². The quantitative estimate of drug-likeness (QED) is 0.676. The van der Waals surface area contributed by atoms with Gasteiger partial charge in [0.2, 0.25) is 5.91 Å². The molecule has 7 nitrogen and oxygen atoms in total. The first-order valence-electron chi connectivity index (χ1n) is 9.71. The number of anilines is 2. The highest BCUT2D eigenvalue weighted by molar-refractivity contribution is 5.95. The molecule has 170 valence electrons. The van der Waals surface area contributed by atoms with Crippen molar-refractivity contribution in [2.45, 2.75) is 46.7 Å². The Morgan fingerprint density at radius 1 is 1.19 bits per heavy atom. The molecule has 1 aromatic carbocycles. The van der Waals surface area contributed by atoms with Gasteiger partial charge in [-0.25, -0.2) is 0 Å². The number of nitrogens with one attached hydrogen (secondary N) is 2. The number of hydrogen-bond donors (Lipinski definition) is 2. The maximum atomic E-state index is 13.3. The minimum Gasteiger partial charge on any atom is -0.455 e. The van der Waals surface area contributed by atoms with Gasteiger partial charge in [-0.3, -0.25) is 19.2 Å². The van der Waals surface area contributed by atoms with E-state index in [4.69, 9.17) is 4.74 Å². The topological polar surface area (TPSA) is 102 Å². The molecule has 2 atom stereocenters. The second kappa shape index (κ2) is 9.07. The number of benzene rings is 1. The number of hydrogen-bond acceptors (Lipinski definition) is 5. The fourth-order valence-corrected chi connectivity index (χ4v) is 3.61. The SMILES string of the molecule is CC(=O)Nc1ccc(NC(=O)COC(=O)C2CCC(=O)C(C)C2(C)C)c(C(F)(F)F)c1. The monoisotopic (exact) mass is 442 g/mol. The zero-order chi connectivity index (χ0) is 23.6. The van der Waals surface area contributed by atoms with Crippen LogP contribution in [0.15, 0.2) is 18.2 Å². The van der Waals surface area contributed by atoms with Gasteiger partial charge in [-0.05, 0) is 30.0 Å². The number of alkyl halides is 3. The average Bonchev–Trinajstić information content (AvgIpc) is 2.64. The molecular weight excluding hydrogens is 417 g/mol. The normalized spacial score (nSPS) is 20.7. The van der Waals surface area contributed by atoms with Gasteiger partial charge in [0, 0.05) is 24.9 Å². The minimum absolute atomic E-state index is 0.0502. The van der Waals surface area contributed by atoms with Crippen molar-refractivity contribution in [2.24, 2.45) is 17.3 Å². The maximum absolute atomic E-state index is 13.3. The molecule has 1 aliphatic carbocycles. The van der Waals surface area contributed by atoms with Gasteiger partial charge in [0.1, 0.15) is 5.78 Å². The predicted octanol–water partition coefficient (Wildman–Crippen LogP) is 3.79. The van der Waals surface area contributed by atoms with Crippen LogP contribution in [0.3, 0.4) is 0 Å². The van der Waals surface area contributed by atoms with Gasteiger partial charge in [-0.2, -0.15) is 13.2 Å². The van der Waals surface area contributed by atoms with Gasteiger partial charge in [-0.1, -0.05) is 20.8 Å². The van der Waals surface area contributed by atoms with Crippen LogP contribution in [0.5, 0.6) is 0 Å². The summed E-state index contributed by atoms with van der Waals surface area (Å²) in [6.45, 7) is 5.66. The van der Waals surface area contributed by atoms with Crippen molar-refractivity contribution in [3.63, 3.8) is 0 Å². The Morgan fingerprint density at radius 3 is 2.42 bits per heavy atom. The van der Waals surface area contributed by atoms with E-state index in [2.05, 4.69) is 10.6 Å². The first-order chi connectivity index (χ1) is 14.2. The number of carbonyl (C=O) groups is 4. The van der Waals surface area contributed by atoms with Crippen molar-refractivity contribution in [3.05, 3.63) is 23.8 Å². The minimum atomic E-state index is -4.79. The molecule has 0 heterocycles. The van der Waals surface area contributed by atoms with Gasteiger partial charge in [0.15, 0.2) is 6.61 Å². The fraction of sp³-hybridized carbons (Fsp3) is 0.524. The van der Waals surface area contributed by atoms with E-state index in [0.29, 0.717) is 12.5 Å². The fourth-order valence-electron chi connectivity index (χ4n) is 3.61. The molecule has 1 fully saturated rings. The van der Waals surface area contributed by atoms with Gasteiger partial charge in [-0.15, -0.1) is 0 Å². The van der Waals surface area contributed by atoms with E-state index in [-0.39, 0.29) is 23.8 Å². The van der Waals surface area contributed by atoms with Gasteiger partial charge < -0.3 is 15.4 Å². The summed E-state index contributed by atoms with van der Waals surface area (Å²) in [6, 6.07) is 2.92. The molecule has 0 saturated heterocycles. The molecule has 0 bridgehead atoms. The molecule has 0 aliphatic heterocycles. The number of ether oxygens (including phenoxy) is 1. The van der Waals surface area contributed by atoms with Gasteiger partial charge in [0.25, 0.3) is 5.91 Å². The number of rotatable bonds is 5. The summed E-state index contributed by atoms with van der Waals surface area (Å²) in [7, 11) is 0. The summed E-state index contributed by atoms with van der Waals surface area (Å²) in [5.41, 5.74) is -2.42. The number of amides is 2. The molecular formula is C21H25F3N2O5. The molecule has 0 radical (unpaired) electrons. The van der Waals surface area contributed by atoms with E-state index >= 15 is 0 Å². The van der Waals surface area contributed by atoms with Gasteiger partial charge in [0.05, 0.1) is 17.2 Å². The number of esters is 1. The van der Waals surface area contributed by atoms with Crippen LogP contribution in [-0.2, 0) is 30.1 Å². The average molecular weight is 442 g/mol. The third kappa shape index (κ3) is 5.83. The van der Waals surface area contributed by atoms with Crippen LogP contribution in [0.25, 0.3) is 0 Å². The van der Waals surface area contributed by atoms with Crippen LogP contribution in [0.4, 0.5) is 24.5 Å². The molecule has 2 rings (SSSR count). The Bertz CT molecular complexity index is 895. The highest BCUT2D eigenvalue weighted by Gasteiger charge is 2.46. The number of ketones is 1. The Balaban J connectivity index is 2.06. The van der Waals surface area contributed by atoms with Crippen molar-refractivity contribution in [1.82, 2.24) is 0 Å². The van der Waals surface area contributed by atoms with Gasteiger partial charge >= 0.3 is 12.1 Å². The summed E-state index contributed by atoms with van der Waals surface area (Å²) in [4.78, 5) is 47.6. The molecule has 10 heteroatoms. The van der Waals surface area contributed by atoms with Crippen molar-refractivity contribution in [1.29, 1.82) is 0 Å². The molecule has 2 amide bonds. The Kier molecular flexibility index (Phi) is 7.13. The number of carbonyl (C=O) groups excluding carboxylic acids is 4. The zero-order valence-electron chi connectivity index (χ0n) is 17.7. The molecule has 1 aromatic rings. The summed E-state index contributed by atoms with van der Waals surface area (Å²) in [5, 5.41) is 4.33. The van der Waals surface area contributed by atoms with Crippen molar-refractivity contribution in [2.75, 3.05) is 17.2 Å². The molecule has 1 saturated carbocycles. The largest absolute Gasteiger partial charge is 0.455 e. The molecule has 2 unspecified atom stereocenters. The molecule has 0 aromatic heterocycles. The van der Waals surface area contributed by atoms with E-state index in [0.717, 1.165) is 13.0 Å². The third-order valence-corrected chi connectivity index (χ3v) is 5.73. The van der Waals surface area contributed by atoms with Crippen LogP contribution in [0, 0.1) is 17.3 Å². The van der Waals surface area contributed by atoms with E-state index in [1.807, 2.05) is 0 Å². The summed E-state index contributed by atoms with van der Waals surface area (Å²) >= 11 is 0. The molecule has 2 N–H and O–H groups in total. The van der Waals surface area contributed by atoms with Crippen molar-refractivity contribution >= 4 is 34.9 Å². The summed E-state index contributed by atoms with van der Waals surface area (Å²) in [6.07, 6.45) is -4.27. The summed E-state index contributed by atoms with van der Waals surface area (Å²) < 4.78 is 45.1. The van der Waals surface area contributed by atoms with Crippen LogP contribution in [-0.4, -0.2) is 30.2 Å². The molecule has 0 spiro atoms. The number of halogens is 3. The Hall–Kier alpha value is -2.91. The first-order valence-corrected chi connectivity index (χ1v) is 9.71. The lowest BCUT2D eigenvalue weighted by molar-refractivity contribution is -0.160. The lowest BCUT2D eigenvalue weighted by Crippen LogP contribution is -2.45. The standard InChI is InChI=1S/C21H25F3N2O5/c1-11-17(28)8-6-14(20(11,3)4)19(30)31-10-18(29)26-16-7-5-13(25-12(2)27)9-15(16)21(22,23)24/h5,7,9,11,14H,6,8,10H2,1-4H3,(H,25,27)(H,26,29). The summed E-state index contributed by atoms with van der Waals surface area (Å²) in [5.74, 6) is -3.06. The van der Waals surface area contributed by atoms with E-state index in [9.17, 15) is 32.3 Å². The second-order valence-corrected chi connectivity index (χ2v) is 8.20. The predicted molar refractivity (Wildman–Crippen MR) is 106 cm³/mol. The van der Waals surface area contributed by atoms with E-state index in [1.54, 1.807) is 20.8 Å². The highest BCUT2D eigenvalue weighted by Crippen LogP contribution is 2.43. The van der Waals surface area contributed by atoms with Crippen LogP contribution in [0.1, 0.15) is 46.1 Å². The van der Waals surface area contributed by atoms with Crippen LogP contribution < -0.4 is 10.6 Å². The third-order valence-electron chi connectivity index (χ3n) is 5.73. The molecule has 31 heavy (non-hydrogen) atoms. The lowest BCUT2D eigenvalue weighted by Gasteiger charge is -2.41. The lowest BCUT2D eigenvalue weighted by atomic mass is 9.62. The van der Waals surface area contributed by atoms with Crippen molar-refractivity contribution in [3.8, 4) is 0 Å². The second-order valence-electron chi connectivity index (χ2n) is 8.20. The smallest absolute Gasteiger partial charge is 0.418 e.